The predicted molar refractivity (Wildman–Crippen MR) is 161 cm³/mol. The Labute approximate surface area is 266 Å². The van der Waals surface area contributed by atoms with Crippen molar-refractivity contribution in [1.82, 2.24) is 24.6 Å². The van der Waals surface area contributed by atoms with Gasteiger partial charge in [0.1, 0.15) is 18.0 Å². The molecule has 0 spiro atoms. The molecular weight excluding hydrogens is 620 g/mol. The van der Waals surface area contributed by atoms with Gasteiger partial charge in [0.2, 0.25) is 0 Å². The largest absolute Gasteiger partial charge is 0.465 e. The second-order valence-electron chi connectivity index (χ2n) is 12.3. The maximum Gasteiger partial charge on any atom is 0.416 e. The number of likely N-dealkylation sites (tertiary alicyclic amines) is 1. The first-order valence-electron chi connectivity index (χ1n) is 15.2. The van der Waals surface area contributed by atoms with E-state index in [0.717, 1.165) is 18.9 Å². The van der Waals surface area contributed by atoms with E-state index in [1.165, 1.54) is 34.3 Å². The fourth-order valence-corrected chi connectivity index (χ4v) is 6.37. The van der Waals surface area contributed by atoms with Crippen LogP contribution in [0.2, 0.25) is 0 Å². The van der Waals surface area contributed by atoms with Crippen LogP contribution in [0.25, 0.3) is 22.5 Å². The van der Waals surface area contributed by atoms with Crippen molar-refractivity contribution < 1.29 is 37.0 Å². The van der Waals surface area contributed by atoms with E-state index in [9.17, 15) is 27.2 Å². The van der Waals surface area contributed by atoms with Gasteiger partial charge in [-0.1, -0.05) is 6.07 Å². The Kier molecular flexibility index (Phi) is 7.69. The molecule has 2 aliphatic heterocycles. The molecular formula is C33H30F4N6O4. The third-order valence-electron chi connectivity index (χ3n) is 8.93. The number of aryl methyl sites for hydroxylation is 1. The standard InChI is InChI=1S/C33H30F4N6O4/c1-41-17-38-40-30(41)24-12-22(34)4-5-23(24)21-10-28(20-2-3-20)39-29(11-21)43-14-26-25(31(43)44)8-19(9-27(26)33(35,36)37)16-47-15-18-6-7-42(13-18)32(45)46/h4-5,8-12,17-18,20H,2-3,6-7,13-16H2,1H3,(H,45,46)/t18-/m1/s1. The van der Waals surface area contributed by atoms with Crippen molar-refractivity contribution in [1.29, 1.82) is 0 Å². The number of benzene rings is 2. The monoisotopic (exact) mass is 650 g/mol. The highest BCUT2D eigenvalue weighted by Gasteiger charge is 2.41. The predicted octanol–water partition coefficient (Wildman–Crippen LogP) is 6.26. The van der Waals surface area contributed by atoms with Crippen molar-refractivity contribution in [2.24, 2.45) is 13.0 Å². The minimum Gasteiger partial charge on any atom is -0.465 e. The van der Waals surface area contributed by atoms with Gasteiger partial charge in [0.05, 0.1) is 25.3 Å². The summed E-state index contributed by atoms with van der Waals surface area (Å²) in [6.45, 7) is 0.376. The lowest BCUT2D eigenvalue weighted by atomic mass is 9.98. The number of fused-ring (bicyclic) bond motifs is 1. The van der Waals surface area contributed by atoms with Crippen molar-refractivity contribution in [3.63, 3.8) is 0 Å². The molecule has 2 aromatic carbocycles. The third-order valence-corrected chi connectivity index (χ3v) is 8.93. The van der Waals surface area contributed by atoms with Crippen molar-refractivity contribution in [3.05, 3.63) is 82.6 Å². The molecule has 10 nitrogen and oxygen atoms in total. The summed E-state index contributed by atoms with van der Waals surface area (Å²) in [7, 11) is 1.73. The van der Waals surface area contributed by atoms with E-state index < -0.39 is 29.6 Å². The molecule has 0 bridgehead atoms. The highest BCUT2D eigenvalue weighted by Crippen LogP contribution is 2.44. The van der Waals surface area contributed by atoms with E-state index >= 15 is 0 Å². The molecule has 1 N–H and O–H groups in total. The number of halogens is 4. The number of nitrogens with zero attached hydrogens (tertiary/aromatic N) is 6. The molecule has 2 fully saturated rings. The van der Waals surface area contributed by atoms with E-state index in [1.54, 1.807) is 23.7 Å². The van der Waals surface area contributed by atoms with Gasteiger partial charge in [-0.15, -0.1) is 10.2 Å². The molecule has 2 amide bonds. The lowest BCUT2D eigenvalue weighted by Gasteiger charge is -2.19. The summed E-state index contributed by atoms with van der Waals surface area (Å²) in [5, 5.41) is 17.2. The lowest BCUT2D eigenvalue weighted by molar-refractivity contribution is -0.138. The number of aromatic nitrogens is 4. The number of hydrogen-bond donors (Lipinski definition) is 1. The zero-order valence-electron chi connectivity index (χ0n) is 25.3. The van der Waals surface area contributed by atoms with Crippen LogP contribution in [0, 0.1) is 11.7 Å². The number of carbonyl (C=O) groups is 2. The first kappa shape index (κ1) is 30.8. The highest BCUT2D eigenvalue weighted by molar-refractivity contribution is 6.10. The number of carbonyl (C=O) groups excluding carboxylic acids is 1. The van der Waals surface area contributed by atoms with Crippen LogP contribution in [0.4, 0.5) is 28.2 Å². The molecule has 4 heterocycles. The van der Waals surface area contributed by atoms with Crippen LogP contribution >= 0.6 is 0 Å². The van der Waals surface area contributed by atoms with Gasteiger partial charge < -0.3 is 19.3 Å². The Morgan fingerprint density at radius 1 is 1.06 bits per heavy atom. The molecule has 2 aromatic heterocycles. The van der Waals surface area contributed by atoms with Gasteiger partial charge in [-0.2, -0.15) is 13.2 Å². The molecule has 4 aromatic rings. The number of carboxylic acid groups (broad SMARTS) is 1. The second kappa shape index (κ2) is 11.7. The molecule has 244 valence electrons. The van der Waals surface area contributed by atoms with Gasteiger partial charge in [0.15, 0.2) is 5.82 Å². The summed E-state index contributed by atoms with van der Waals surface area (Å²) in [5.74, 6) is -0.377. The van der Waals surface area contributed by atoms with E-state index in [-0.39, 0.29) is 54.1 Å². The first-order valence-corrected chi connectivity index (χ1v) is 15.2. The summed E-state index contributed by atoms with van der Waals surface area (Å²) in [6.07, 6.45) is -1.86. The summed E-state index contributed by atoms with van der Waals surface area (Å²) < 4.78 is 65.0. The van der Waals surface area contributed by atoms with Crippen LogP contribution in [0.5, 0.6) is 0 Å². The minimum absolute atomic E-state index is 0.0611. The van der Waals surface area contributed by atoms with Gasteiger partial charge in [-0.25, -0.2) is 14.2 Å². The number of pyridine rings is 1. The Hall–Kier alpha value is -4.85. The lowest BCUT2D eigenvalue weighted by Crippen LogP contribution is -2.27. The number of amides is 2. The maximum atomic E-state index is 14.5. The molecule has 14 heteroatoms. The van der Waals surface area contributed by atoms with Crippen LogP contribution in [0.15, 0.2) is 48.8 Å². The Bertz CT molecular complexity index is 1890. The van der Waals surface area contributed by atoms with Gasteiger partial charge in [-0.3, -0.25) is 9.69 Å². The molecule has 7 rings (SSSR count). The van der Waals surface area contributed by atoms with Crippen molar-refractivity contribution >= 4 is 17.8 Å². The Morgan fingerprint density at radius 2 is 1.87 bits per heavy atom. The van der Waals surface area contributed by atoms with Gasteiger partial charge in [-0.05, 0) is 77.9 Å². The number of alkyl halides is 3. The van der Waals surface area contributed by atoms with Crippen LogP contribution < -0.4 is 4.90 Å². The van der Waals surface area contributed by atoms with Crippen molar-refractivity contribution in [3.8, 4) is 22.5 Å². The zero-order valence-corrected chi connectivity index (χ0v) is 25.3. The zero-order chi connectivity index (χ0) is 33.0. The first-order chi connectivity index (χ1) is 22.5. The number of rotatable bonds is 8. The third kappa shape index (κ3) is 6.04. The molecule has 0 radical (unpaired) electrons. The fourth-order valence-electron chi connectivity index (χ4n) is 6.37. The topological polar surface area (TPSA) is 114 Å². The Balaban J connectivity index is 1.21. The smallest absolute Gasteiger partial charge is 0.416 e. The van der Waals surface area contributed by atoms with E-state index in [0.29, 0.717) is 47.7 Å². The van der Waals surface area contributed by atoms with Crippen LogP contribution in [-0.2, 0) is 31.1 Å². The van der Waals surface area contributed by atoms with Crippen molar-refractivity contribution in [2.75, 3.05) is 24.6 Å². The average Bonchev–Trinajstić information content (AvgIpc) is 3.46. The molecule has 1 saturated heterocycles. The van der Waals surface area contributed by atoms with Crippen LogP contribution in [0.3, 0.4) is 0 Å². The van der Waals surface area contributed by atoms with Crippen LogP contribution in [0.1, 0.15) is 57.9 Å². The molecule has 47 heavy (non-hydrogen) atoms. The van der Waals surface area contributed by atoms with E-state index in [1.807, 2.05) is 6.07 Å². The van der Waals surface area contributed by atoms with Gasteiger partial charge >= 0.3 is 12.3 Å². The summed E-state index contributed by atoms with van der Waals surface area (Å²) in [6, 6.07) is 10.2. The maximum absolute atomic E-state index is 14.5. The molecule has 1 atom stereocenters. The number of hydrogen-bond acceptors (Lipinski definition) is 6. The molecule has 1 saturated carbocycles. The van der Waals surface area contributed by atoms with Gasteiger partial charge in [0.25, 0.3) is 5.91 Å². The second-order valence-corrected chi connectivity index (χ2v) is 12.3. The molecule has 0 unspecified atom stereocenters. The summed E-state index contributed by atoms with van der Waals surface area (Å²) in [4.78, 5) is 32.3. The normalized spacial score (nSPS) is 17.9. The quantitative estimate of drug-likeness (QED) is 0.224. The number of anilines is 1. The van der Waals surface area contributed by atoms with Gasteiger partial charge in [0, 0.05) is 48.8 Å². The van der Waals surface area contributed by atoms with E-state index in [2.05, 4.69) is 10.2 Å². The fraction of sp³-hybridized carbons (Fsp3) is 0.364. The SMILES string of the molecule is Cn1cnnc1-c1cc(F)ccc1-c1cc(C2CC2)nc(N2Cc3c(cc(COC[C@@H]4CCN(C(=O)O)C4)cc3C(F)(F)F)C2=O)c1. The van der Waals surface area contributed by atoms with Crippen LogP contribution in [-0.4, -0.2) is 61.5 Å². The number of ether oxygens (including phenoxy) is 1. The molecule has 3 aliphatic rings. The highest BCUT2D eigenvalue weighted by atomic mass is 19.4. The molecule has 1 aliphatic carbocycles. The average molecular weight is 651 g/mol. The Morgan fingerprint density at radius 3 is 2.55 bits per heavy atom. The van der Waals surface area contributed by atoms with E-state index in [4.69, 9.17) is 14.8 Å². The summed E-state index contributed by atoms with van der Waals surface area (Å²) in [5.41, 5.74) is 1.48. The summed E-state index contributed by atoms with van der Waals surface area (Å²) >= 11 is 0. The van der Waals surface area contributed by atoms with Crippen molar-refractivity contribution in [2.45, 2.75) is 44.5 Å². The minimum atomic E-state index is -4.72.